The van der Waals surface area contributed by atoms with Gasteiger partial charge in [-0.2, -0.15) is 0 Å². The maximum atomic E-state index is 11.5. The fraction of sp³-hybridized carbons (Fsp3) is 0.368. The molecule has 0 aromatic heterocycles. The average molecular weight is 344 g/mol. The molecule has 5 heteroatoms. The van der Waals surface area contributed by atoms with E-state index in [1.165, 1.54) is 22.3 Å². The van der Waals surface area contributed by atoms with Crippen LogP contribution in [0.15, 0.2) is 42.5 Å². The number of hydrogen-bond donors (Lipinski definition) is 2. The van der Waals surface area contributed by atoms with E-state index in [1.54, 1.807) is 6.92 Å². The van der Waals surface area contributed by atoms with Crippen LogP contribution < -0.4 is 10.9 Å². The fourth-order valence-electron chi connectivity index (χ4n) is 3.54. The minimum Gasteiger partial charge on any atom is -0.326 e. The minimum absolute atomic E-state index is 0.346. The summed E-state index contributed by atoms with van der Waals surface area (Å²) in [4.78, 5) is 0. The van der Waals surface area contributed by atoms with Crippen LogP contribution in [0.4, 0.5) is 0 Å². The van der Waals surface area contributed by atoms with E-state index in [0.717, 1.165) is 18.4 Å². The lowest BCUT2D eigenvalue weighted by Crippen LogP contribution is -2.28. The van der Waals surface area contributed by atoms with Gasteiger partial charge in [-0.05, 0) is 66.0 Å². The Bertz CT molecular complexity index is 846. The first kappa shape index (κ1) is 17.1. The first-order valence-corrected chi connectivity index (χ1v) is 9.90. The van der Waals surface area contributed by atoms with Gasteiger partial charge in [-0.15, -0.1) is 0 Å². The Balaban J connectivity index is 1.79. The summed E-state index contributed by atoms with van der Waals surface area (Å²) in [5, 5.41) is 4.76. The van der Waals surface area contributed by atoms with Crippen molar-refractivity contribution in [3.05, 3.63) is 59.2 Å². The Kier molecular flexibility index (Phi) is 4.76. The van der Waals surface area contributed by atoms with Gasteiger partial charge in [-0.25, -0.2) is 13.6 Å². The molecule has 4 nitrogen and oxygen atoms in total. The molecule has 128 valence electrons. The maximum Gasteiger partial charge on any atom is 0.211 e. The molecule has 2 atom stereocenters. The number of nitrogens with two attached hydrogens (primary N) is 2. The zero-order chi connectivity index (χ0) is 17.3. The van der Waals surface area contributed by atoms with Crippen molar-refractivity contribution >= 4 is 10.0 Å². The van der Waals surface area contributed by atoms with Crippen molar-refractivity contribution in [1.29, 1.82) is 0 Å². The fourth-order valence-corrected chi connectivity index (χ4v) is 4.08. The quantitative estimate of drug-likeness (QED) is 0.874. The highest BCUT2D eigenvalue weighted by atomic mass is 32.2. The molecule has 0 aliphatic heterocycles. The third-order valence-corrected chi connectivity index (χ3v) is 6.26. The zero-order valence-electron chi connectivity index (χ0n) is 13.9. The van der Waals surface area contributed by atoms with E-state index in [0.29, 0.717) is 18.9 Å². The van der Waals surface area contributed by atoms with Crippen molar-refractivity contribution in [2.75, 3.05) is 0 Å². The van der Waals surface area contributed by atoms with Gasteiger partial charge in [-0.3, -0.25) is 0 Å². The highest BCUT2D eigenvalue weighted by molar-refractivity contribution is 7.89. The van der Waals surface area contributed by atoms with E-state index in [2.05, 4.69) is 30.3 Å². The smallest absolute Gasteiger partial charge is 0.211 e. The van der Waals surface area contributed by atoms with Crippen LogP contribution in [-0.4, -0.2) is 13.7 Å². The molecule has 0 amide bonds. The van der Waals surface area contributed by atoms with Crippen LogP contribution >= 0.6 is 0 Å². The van der Waals surface area contributed by atoms with Crippen LogP contribution in [0.5, 0.6) is 0 Å². The summed E-state index contributed by atoms with van der Waals surface area (Å²) in [6, 6.07) is 14.8. The van der Waals surface area contributed by atoms with Gasteiger partial charge in [0, 0.05) is 6.54 Å². The maximum absolute atomic E-state index is 11.5. The van der Waals surface area contributed by atoms with Crippen molar-refractivity contribution in [2.45, 2.75) is 38.0 Å². The van der Waals surface area contributed by atoms with Gasteiger partial charge in [0.25, 0.3) is 0 Å². The van der Waals surface area contributed by atoms with Crippen LogP contribution in [0.2, 0.25) is 0 Å². The molecule has 2 aromatic rings. The van der Waals surface area contributed by atoms with Crippen molar-refractivity contribution in [3.8, 4) is 11.1 Å². The summed E-state index contributed by atoms with van der Waals surface area (Å²) in [5.41, 5.74) is 11.8. The van der Waals surface area contributed by atoms with E-state index in [1.807, 2.05) is 12.1 Å². The first-order chi connectivity index (χ1) is 11.4. The van der Waals surface area contributed by atoms with Crippen molar-refractivity contribution < 1.29 is 8.42 Å². The number of fused-ring (bicyclic) bond motifs is 1. The third kappa shape index (κ3) is 3.69. The molecule has 4 N–H and O–H groups in total. The SMILES string of the molecule is CC(CC1Cc2ccc(-c3cccc(CN)c3)cc2C1)S(N)(=O)=O. The lowest BCUT2D eigenvalue weighted by Gasteiger charge is -2.13. The molecule has 1 aliphatic rings. The van der Waals surface area contributed by atoms with Gasteiger partial charge >= 0.3 is 0 Å². The van der Waals surface area contributed by atoms with E-state index in [4.69, 9.17) is 10.9 Å². The van der Waals surface area contributed by atoms with Crippen molar-refractivity contribution in [2.24, 2.45) is 16.8 Å². The highest BCUT2D eigenvalue weighted by Crippen LogP contribution is 2.33. The lowest BCUT2D eigenvalue weighted by atomic mass is 9.99. The second-order valence-electron chi connectivity index (χ2n) is 6.80. The molecule has 1 aliphatic carbocycles. The average Bonchev–Trinajstić information content (AvgIpc) is 2.95. The molecule has 3 rings (SSSR count). The van der Waals surface area contributed by atoms with E-state index >= 15 is 0 Å². The summed E-state index contributed by atoms with van der Waals surface area (Å²) < 4.78 is 22.9. The zero-order valence-corrected chi connectivity index (χ0v) is 14.7. The number of sulfonamides is 1. The Morgan fingerprint density at radius 2 is 1.79 bits per heavy atom. The standard InChI is InChI=1S/C19H24N2O2S/c1-13(24(21,22)23)7-15-9-17-5-6-18(11-19(17)10-15)16-4-2-3-14(8-16)12-20/h2-6,8,11,13,15H,7,9-10,12,20H2,1H3,(H2,21,22,23). The van der Waals surface area contributed by atoms with Crippen LogP contribution in [0.1, 0.15) is 30.0 Å². The molecule has 2 unspecified atom stereocenters. The van der Waals surface area contributed by atoms with E-state index in [-0.39, 0.29) is 0 Å². The van der Waals surface area contributed by atoms with E-state index in [9.17, 15) is 8.42 Å². The molecular formula is C19H24N2O2S. The van der Waals surface area contributed by atoms with Gasteiger partial charge in [0.1, 0.15) is 0 Å². The Hall–Kier alpha value is -1.69. The first-order valence-electron chi connectivity index (χ1n) is 8.29. The molecule has 2 aromatic carbocycles. The molecular weight excluding hydrogens is 320 g/mol. The Morgan fingerprint density at radius 1 is 1.08 bits per heavy atom. The number of hydrogen-bond acceptors (Lipinski definition) is 3. The van der Waals surface area contributed by atoms with Crippen molar-refractivity contribution in [1.82, 2.24) is 0 Å². The summed E-state index contributed by atoms with van der Waals surface area (Å²) in [6.07, 6.45) is 2.46. The summed E-state index contributed by atoms with van der Waals surface area (Å²) in [6.45, 7) is 2.23. The lowest BCUT2D eigenvalue weighted by molar-refractivity contribution is 0.493. The third-order valence-electron chi connectivity index (χ3n) is 4.95. The Labute approximate surface area is 143 Å². The van der Waals surface area contributed by atoms with Gasteiger partial charge < -0.3 is 5.73 Å². The van der Waals surface area contributed by atoms with Crippen LogP contribution in [-0.2, 0) is 29.4 Å². The minimum atomic E-state index is -3.45. The normalized spacial score (nSPS) is 18.4. The number of primary sulfonamides is 1. The molecule has 0 saturated heterocycles. The van der Waals surface area contributed by atoms with Crippen LogP contribution in [0.25, 0.3) is 11.1 Å². The van der Waals surface area contributed by atoms with E-state index < -0.39 is 15.3 Å². The summed E-state index contributed by atoms with van der Waals surface area (Å²) in [5.74, 6) is 0.346. The largest absolute Gasteiger partial charge is 0.326 e. The molecule has 24 heavy (non-hydrogen) atoms. The molecule has 0 heterocycles. The predicted octanol–water partition coefficient (Wildman–Crippen LogP) is 2.59. The van der Waals surface area contributed by atoms with Crippen LogP contribution in [0, 0.1) is 5.92 Å². The highest BCUT2D eigenvalue weighted by Gasteiger charge is 2.27. The molecule has 0 spiro atoms. The molecule has 0 saturated carbocycles. The second-order valence-corrected chi connectivity index (χ2v) is 8.78. The predicted molar refractivity (Wildman–Crippen MR) is 97.9 cm³/mol. The van der Waals surface area contributed by atoms with Crippen molar-refractivity contribution in [3.63, 3.8) is 0 Å². The molecule has 0 fully saturated rings. The molecule has 0 bridgehead atoms. The van der Waals surface area contributed by atoms with Gasteiger partial charge in [0.2, 0.25) is 10.0 Å². The molecule has 0 radical (unpaired) electrons. The monoisotopic (exact) mass is 344 g/mol. The topological polar surface area (TPSA) is 86.2 Å². The summed E-state index contributed by atoms with van der Waals surface area (Å²) >= 11 is 0. The van der Waals surface area contributed by atoms with Gasteiger partial charge in [0.05, 0.1) is 5.25 Å². The second kappa shape index (κ2) is 6.67. The Morgan fingerprint density at radius 3 is 2.50 bits per heavy atom. The number of benzene rings is 2. The summed E-state index contributed by atoms with van der Waals surface area (Å²) in [7, 11) is -3.45. The van der Waals surface area contributed by atoms with Gasteiger partial charge in [0.15, 0.2) is 0 Å². The van der Waals surface area contributed by atoms with Gasteiger partial charge in [-0.1, -0.05) is 36.4 Å². The van der Waals surface area contributed by atoms with Crippen LogP contribution in [0.3, 0.4) is 0 Å². The number of rotatable bonds is 5.